The van der Waals surface area contributed by atoms with Crippen LogP contribution in [-0.4, -0.2) is 42.0 Å². The lowest BCUT2D eigenvalue weighted by atomic mass is 10.3. The number of nitrogens with one attached hydrogen (secondary N) is 2. The van der Waals surface area contributed by atoms with Gasteiger partial charge in [0, 0.05) is 13.1 Å². The molecule has 1 fully saturated rings. The number of nitrogens with zero attached hydrogens (tertiary/aromatic N) is 1. The van der Waals surface area contributed by atoms with Crippen LogP contribution in [0.3, 0.4) is 0 Å². The molecular formula is C12H20N4O4. The summed E-state index contributed by atoms with van der Waals surface area (Å²) < 4.78 is 12.1. The zero-order valence-corrected chi connectivity index (χ0v) is 11.5. The second-order valence-electron chi connectivity index (χ2n) is 4.62. The van der Waals surface area contributed by atoms with E-state index >= 15 is 0 Å². The summed E-state index contributed by atoms with van der Waals surface area (Å²) in [5, 5.41) is 2.94. The van der Waals surface area contributed by atoms with E-state index in [2.05, 4.69) is 10.3 Å². The quantitative estimate of drug-likeness (QED) is 0.663. The number of hydrogen-bond donors (Lipinski definition) is 3. The van der Waals surface area contributed by atoms with Crippen molar-refractivity contribution < 1.29 is 9.47 Å². The Balaban J connectivity index is 2.16. The maximum atomic E-state index is 11.8. The molecule has 1 aromatic heterocycles. The van der Waals surface area contributed by atoms with Crippen LogP contribution in [-0.2, 0) is 16.0 Å². The van der Waals surface area contributed by atoms with Gasteiger partial charge in [-0.25, -0.2) is 4.79 Å². The summed E-state index contributed by atoms with van der Waals surface area (Å²) in [6.07, 6.45) is 0.615. The third kappa shape index (κ3) is 3.20. The zero-order chi connectivity index (χ0) is 14.5. The SMILES string of the molecule is CCCn1c(N)c(NCC2COCCO2)c(=O)[nH]c1=O. The molecule has 1 aromatic rings. The maximum Gasteiger partial charge on any atom is 0.330 e. The van der Waals surface area contributed by atoms with Crippen LogP contribution >= 0.6 is 0 Å². The van der Waals surface area contributed by atoms with E-state index in [9.17, 15) is 9.59 Å². The van der Waals surface area contributed by atoms with Gasteiger partial charge in [0.1, 0.15) is 11.5 Å². The lowest BCUT2D eigenvalue weighted by Crippen LogP contribution is -2.38. The molecule has 112 valence electrons. The number of H-pyrrole nitrogens is 1. The lowest BCUT2D eigenvalue weighted by molar-refractivity contribution is -0.0818. The largest absolute Gasteiger partial charge is 0.383 e. The van der Waals surface area contributed by atoms with Crippen molar-refractivity contribution in [1.82, 2.24) is 9.55 Å². The Kier molecular flexibility index (Phi) is 4.80. The minimum Gasteiger partial charge on any atom is -0.383 e. The molecule has 4 N–H and O–H groups in total. The molecular weight excluding hydrogens is 264 g/mol. The van der Waals surface area contributed by atoms with Gasteiger partial charge in [0.15, 0.2) is 0 Å². The van der Waals surface area contributed by atoms with E-state index in [1.165, 1.54) is 4.57 Å². The monoisotopic (exact) mass is 284 g/mol. The van der Waals surface area contributed by atoms with E-state index < -0.39 is 11.2 Å². The molecule has 1 aliphatic rings. The Labute approximate surface area is 115 Å². The van der Waals surface area contributed by atoms with Crippen LogP contribution in [0, 0.1) is 0 Å². The van der Waals surface area contributed by atoms with Crippen molar-refractivity contribution in [3.8, 4) is 0 Å². The average Bonchev–Trinajstić information content (AvgIpc) is 2.44. The molecule has 0 bridgehead atoms. The fourth-order valence-corrected chi connectivity index (χ4v) is 2.07. The molecule has 0 saturated carbocycles. The van der Waals surface area contributed by atoms with Gasteiger partial charge in [-0.1, -0.05) is 6.92 Å². The van der Waals surface area contributed by atoms with Crippen LogP contribution in [0.2, 0.25) is 0 Å². The molecule has 8 nitrogen and oxygen atoms in total. The van der Waals surface area contributed by atoms with Crippen LogP contribution < -0.4 is 22.3 Å². The molecule has 0 aromatic carbocycles. The first-order valence-electron chi connectivity index (χ1n) is 6.69. The van der Waals surface area contributed by atoms with Gasteiger partial charge in [0.05, 0.1) is 25.9 Å². The fourth-order valence-electron chi connectivity index (χ4n) is 2.07. The van der Waals surface area contributed by atoms with Crippen LogP contribution in [0.4, 0.5) is 11.5 Å². The Morgan fingerprint density at radius 1 is 1.45 bits per heavy atom. The number of aromatic nitrogens is 2. The number of anilines is 2. The molecule has 8 heteroatoms. The minimum atomic E-state index is -0.517. The molecule has 0 spiro atoms. The van der Waals surface area contributed by atoms with Gasteiger partial charge in [0.2, 0.25) is 0 Å². The Hall–Kier alpha value is -1.80. The van der Waals surface area contributed by atoms with E-state index in [1.54, 1.807) is 0 Å². The van der Waals surface area contributed by atoms with Gasteiger partial charge in [-0.05, 0) is 6.42 Å². The molecule has 1 saturated heterocycles. The third-order valence-electron chi connectivity index (χ3n) is 3.08. The van der Waals surface area contributed by atoms with Gasteiger partial charge >= 0.3 is 5.69 Å². The number of nitrogen functional groups attached to an aromatic ring is 1. The Bertz CT molecular complexity index is 560. The highest BCUT2D eigenvalue weighted by atomic mass is 16.6. The first kappa shape index (κ1) is 14.6. The van der Waals surface area contributed by atoms with Crippen LogP contribution in [0.5, 0.6) is 0 Å². The number of nitrogens with two attached hydrogens (primary N) is 1. The van der Waals surface area contributed by atoms with E-state index in [0.29, 0.717) is 32.9 Å². The van der Waals surface area contributed by atoms with Gasteiger partial charge < -0.3 is 20.5 Å². The summed E-state index contributed by atoms with van der Waals surface area (Å²) >= 11 is 0. The van der Waals surface area contributed by atoms with E-state index in [1.807, 2.05) is 6.92 Å². The zero-order valence-electron chi connectivity index (χ0n) is 11.5. The molecule has 0 radical (unpaired) electrons. The van der Waals surface area contributed by atoms with Crippen LogP contribution in [0.1, 0.15) is 13.3 Å². The summed E-state index contributed by atoms with van der Waals surface area (Å²) in [7, 11) is 0. The molecule has 2 heterocycles. The maximum absolute atomic E-state index is 11.8. The van der Waals surface area contributed by atoms with Crippen LogP contribution in [0.15, 0.2) is 9.59 Å². The van der Waals surface area contributed by atoms with Crippen molar-refractivity contribution in [1.29, 1.82) is 0 Å². The summed E-state index contributed by atoms with van der Waals surface area (Å²) in [6, 6.07) is 0. The normalized spacial score (nSPS) is 18.9. The van der Waals surface area contributed by atoms with Crippen molar-refractivity contribution in [2.75, 3.05) is 37.4 Å². The van der Waals surface area contributed by atoms with Crippen molar-refractivity contribution in [2.45, 2.75) is 26.0 Å². The number of rotatable bonds is 5. The molecule has 0 amide bonds. The Morgan fingerprint density at radius 3 is 2.90 bits per heavy atom. The highest BCUT2D eigenvalue weighted by Crippen LogP contribution is 2.11. The second-order valence-corrected chi connectivity index (χ2v) is 4.62. The molecule has 1 aliphatic heterocycles. The smallest absolute Gasteiger partial charge is 0.330 e. The highest BCUT2D eigenvalue weighted by molar-refractivity contribution is 5.60. The van der Waals surface area contributed by atoms with Gasteiger partial charge in [-0.3, -0.25) is 14.3 Å². The summed E-state index contributed by atoms with van der Waals surface area (Å²) in [6.45, 7) is 4.38. The number of hydrogen-bond acceptors (Lipinski definition) is 6. The summed E-state index contributed by atoms with van der Waals surface area (Å²) in [5.74, 6) is 0.150. The first-order valence-corrected chi connectivity index (χ1v) is 6.69. The topological polar surface area (TPSA) is 111 Å². The number of aromatic amines is 1. The van der Waals surface area contributed by atoms with E-state index in [4.69, 9.17) is 15.2 Å². The van der Waals surface area contributed by atoms with Gasteiger partial charge in [0.25, 0.3) is 5.56 Å². The predicted molar refractivity (Wildman–Crippen MR) is 75.1 cm³/mol. The number of ether oxygens (including phenoxy) is 2. The van der Waals surface area contributed by atoms with Crippen molar-refractivity contribution in [3.05, 3.63) is 20.8 Å². The average molecular weight is 284 g/mol. The third-order valence-corrected chi connectivity index (χ3v) is 3.08. The summed E-state index contributed by atoms with van der Waals surface area (Å²) in [5.41, 5.74) is 5.09. The molecule has 1 unspecified atom stereocenters. The van der Waals surface area contributed by atoms with E-state index in [0.717, 1.165) is 6.42 Å². The summed E-state index contributed by atoms with van der Waals surface area (Å²) in [4.78, 5) is 25.7. The predicted octanol–water partition coefficient (Wildman–Crippen LogP) is -0.644. The fraction of sp³-hybridized carbons (Fsp3) is 0.667. The molecule has 2 rings (SSSR count). The standard InChI is InChI=1S/C12H20N4O4/c1-2-3-16-10(13)9(11(17)15-12(16)18)14-6-8-7-19-4-5-20-8/h8,14H,2-7,13H2,1H3,(H,15,17,18). The van der Waals surface area contributed by atoms with E-state index in [-0.39, 0.29) is 17.6 Å². The molecule has 0 aliphatic carbocycles. The van der Waals surface area contributed by atoms with Crippen LogP contribution in [0.25, 0.3) is 0 Å². The van der Waals surface area contributed by atoms with Gasteiger partial charge in [-0.15, -0.1) is 0 Å². The molecule has 1 atom stereocenters. The van der Waals surface area contributed by atoms with Crippen molar-refractivity contribution >= 4 is 11.5 Å². The second kappa shape index (κ2) is 6.58. The lowest BCUT2D eigenvalue weighted by Gasteiger charge is -2.23. The Morgan fingerprint density at radius 2 is 2.25 bits per heavy atom. The first-order chi connectivity index (χ1) is 9.63. The molecule has 20 heavy (non-hydrogen) atoms. The minimum absolute atomic E-state index is 0.130. The van der Waals surface area contributed by atoms with Gasteiger partial charge in [-0.2, -0.15) is 0 Å². The highest BCUT2D eigenvalue weighted by Gasteiger charge is 2.17. The van der Waals surface area contributed by atoms with Crippen molar-refractivity contribution in [3.63, 3.8) is 0 Å². The van der Waals surface area contributed by atoms with Crippen molar-refractivity contribution in [2.24, 2.45) is 0 Å².